The third-order valence-electron chi connectivity index (χ3n) is 3.41. The summed E-state index contributed by atoms with van der Waals surface area (Å²) >= 11 is 0. The van der Waals surface area contributed by atoms with Gasteiger partial charge in [0.1, 0.15) is 0 Å². The normalized spacial score (nSPS) is 12.8. The Hall–Kier alpha value is -2.16. The number of imidazole rings is 1. The molecule has 2 heterocycles. The molecular formula is C15H15N3. The molecule has 18 heavy (non-hydrogen) atoms. The second-order valence-electron chi connectivity index (χ2n) is 4.59. The molecule has 0 saturated carbocycles. The summed E-state index contributed by atoms with van der Waals surface area (Å²) in [7, 11) is 0. The third kappa shape index (κ3) is 1.78. The van der Waals surface area contributed by atoms with Gasteiger partial charge in [-0.1, -0.05) is 25.1 Å². The Labute approximate surface area is 106 Å². The van der Waals surface area contributed by atoms with Crippen molar-refractivity contribution in [1.82, 2.24) is 15.0 Å². The van der Waals surface area contributed by atoms with Crippen LogP contribution in [0.25, 0.3) is 10.9 Å². The number of pyridine rings is 1. The summed E-state index contributed by atoms with van der Waals surface area (Å²) < 4.78 is 0. The molecule has 1 N–H and O–H groups in total. The van der Waals surface area contributed by atoms with E-state index in [0.29, 0.717) is 0 Å². The molecular weight excluding hydrogens is 222 g/mol. The lowest BCUT2D eigenvalue weighted by atomic mass is 9.95. The number of benzene rings is 1. The first-order valence-electron chi connectivity index (χ1n) is 6.10. The van der Waals surface area contributed by atoms with Crippen molar-refractivity contribution in [2.24, 2.45) is 0 Å². The van der Waals surface area contributed by atoms with E-state index in [9.17, 15) is 0 Å². The molecule has 3 heteroatoms. The molecule has 3 aromatic rings. The summed E-state index contributed by atoms with van der Waals surface area (Å²) in [4.78, 5) is 11.9. The number of H-pyrrole nitrogens is 1. The van der Waals surface area contributed by atoms with Crippen molar-refractivity contribution in [2.75, 3.05) is 0 Å². The van der Waals surface area contributed by atoms with Crippen LogP contribution in [0.5, 0.6) is 0 Å². The molecule has 0 radical (unpaired) electrons. The number of hydrogen-bond acceptors (Lipinski definition) is 2. The van der Waals surface area contributed by atoms with Gasteiger partial charge in [0.15, 0.2) is 0 Å². The van der Waals surface area contributed by atoms with Gasteiger partial charge in [0, 0.05) is 23.2 Å². The second kappa shape index (κ2) is 4.26. The molecule has 1 atom stereocenters. The van der Waals surface area contributed by atoms with Gasteiger partial charge in [-0.2, -0.15) is 0 Å². The number of aromatic nitrogens is 3. The lowest BCUT2D eigenvalue weighted by Gasteiger charge is -2.11. The van der Waals surface area contributed by atoms with E-state index in [1.165, 1.54) is 10.9 Å². The van der Waals surface area contributed by atoms with Gasteiger partial charge in [0.25, 0.3) is 0 Å². The molecule has 1 unspecified atom stereocenters. The van der Waals surface area contributed by atoms with Gasteiger partial charge in [-0.3, -0.25) is 4.98 Å². The maximum absolute atomic E-state index is 4.40. The zero-order valence-corrected chi connectivity index (χ0v) is 10.5. The Kier molecular flexibility index (Phi) is 2.59. The van der Waals surface area contributed by atoms with E-state index in [1.54, 1.807) is 6.33 Å². The van der Waals surface area contributed by atoms with Gasteiger partial charge in [-0.25, -0.2) is 4.98 Å². The van der Waals surface area contributed by atoms with E-state index < -0.39 is 0 Å². The van der Waals surface area contributed by atoms with Crippen molar-refractivity contribution < 1.29 is 0 Å². The Morgan fingerprint density at radius 3 is 2.83 bits per heavy atom. The van der Waals surface area contributed by atoms with Gasteiger partial charge in [-0.15, -0.1) is 0 Å². The minimum absolute atomic E-state index is 0.280. The van der Waals surface area contributed by atoms with Crippen LogP contribution < -0.4 is 0 Å². The van der Waals surface area contributed by atoms with Crippen molar-refractivity contribution in [3.8, 4) is 0 Å². The zero-order valence-electron chi connectivity index (χ0n) is 10.5. The maximum Gasteiger partial charge on any atom is 0.0925 e. The lowest BCUT2D eigenvalue weighted by Crippen LogP contribution is -1.99. The van der Waals surface area contributed by atoms with Crippen molar-refractivity contribution in [2.45, 2.75) is 19.8 Å². The van der Waals surface area contributed by atoms with E-state index in [0.717, 1.165) is 16.9 Å². The van der Waals surface area contributed by atoms with Crippen LogP contribution in [0.2, 0.25) is 0 Å². The van der Waals surface area contributed by atoms with Crippen LogP contribution in [-0.2, 0) is 0 Å². The molecule has 90 valence electrons. The van der Waals surface area contributed by atoms with Gasteiger partial charge >= 0.3 is 0 Å². The fraction of sp³-hybridized carbons (Fsp3) is 0.200. The molecule has 0 aliphatic heterocycles. The summed E-state index contributed by atoms with van der Waals surface area (Å²) in [5.74, 6) is 0.280. The highest BCUT2D eigenvalue weighted by Crippen LogP contribution is 2.26. The van der Waals surface area contributed by atoms with Crippen LogP contribution in [0, 0.1) is 6.92 Å². The summed E-state index contributed by atoms with van der Waals surface area (Å²) in [5.41, 5.74) is 4.51. The van der Waals surface area contributed by atoms with Crippen molar-refractivity contribution in [3.05, 3.63) is 59.8 Å². The Morgan fingerprint density at radius 2 is 2.06 bits per heavy atom. The van der Waals surface area contributed by atoms with E-state index in [1.807, 2.05) is 12.3 Å². The first-order chi connectivity index (χ1) is 8.75. The monoisotopic (exact) mass is 237 g/mol. The van der Waals surface area contributed by atoms with E-state index in [2.05, 4.69) is 53.1 Å². The molecule has 0 saturated heterocycles. The van der Waals surface area contributed by atoms with Crippen LogP contribution in [0.4, 0.5) is 0 Å². The Morgan fingerprint density at radius 1 is 1.17 bits per heavy atom. The van der Waals surface area contributed by atoms with Crippen LogP contribution in [-0.4, -0.2) is 15.0 Å². The molecule has 0 spiro atoms. The summed E-state index contributed by atoms with van der Waals surface area (Å²) in [5, 5.41) is 1.17. The average Bonchev–Trinajstić information content (AvgIpc) is 2.83. The van der Waals surface area contributed by atoms with Crippen LogP contribution in [0.1, 0.15) is 29.8 Å². The highest BCUT2D eigenvalue weighted by molar-refractivity contribution is 5.79. The van der Waals surface area contributed by atoms with Gasteiger partial charge in [-0.05, 0) is 24.6 Å². The highest BCUT2D eigenvalue weighted by Gasteiger charge is 2.13. The number of nitrogens with one attached hydrogen (secondary N) is 1. The second-order valence-corrected chi connectivity index (χ2v) is 4.59. The van der Waals surface area contributed by atoms with Crippen LogP contribution in [0.3, 0.4) is 0 Å². The van der Waals surface area contributed by atoms with Crippen molar-refractivity contribution in [3.63, 3.8) is 0 Å². The molecule has 2 aromatic heterocycles. The Bertz CT molecular complexity index is 685. The first-order valence-corrected chi connectivity index (χ1v) is 6.10. The highest BCUT2D eigenvalue weighted by atomic mass is 14.9. The smallest absolute Gasteiger partial charge is 0.0925 e. The van der Waals surface area contributed by atoms with E-state index >= 15 is 0 Å². The SMILES string of the molecule is Cc1[nH]cnc1C(C)c1ccc2cccnc2c1. The molecule has 0 fully saturated rings. The maximum atomic E-state index is 4.40. The molecule has 0 bridgehead atoms. The predicted octanol–water partition coefficient (Wildman–Crippen LogP) is 3.42. The molecule has 0 aliphatic rings. The van der Waals surface area contributed by atoms with Gasteiger partial charge < -0.3 is 4.98 Å². The number of nitrogens with zero attached hydrogens (tertiary/aromatic N) is 2. The minimum atomic E-state index is 0.280. The van der Waals surface area contributed by atoms with E-state index in [4.69, 9.17) is 0 Å². The minimum Gasteiger partial charge on any atom is -0.348 e. The van der Waals surface area contributed by atoms with E-state index in [-0.39, 0.29) is 5.92 Å². The van der Waals surface area contributed by atoms with Crippen molar-refractivity contribution in [1.29, 1.82) is 0 Å². The fourth-order valence-corrected chi connectivity index (χ4v) is 2.32. The molecule has 3 rings (SSSR count). The predicted molar refractivity (Wildman–Crippen MR) is 72.6 cm³/mol. The number of aryl methyl sites for hydroxylation is 1. The standard InChI is InChI=1S/C15H15N3/c1-10(15-11(2)17-9-18-15)13-6-5-12-4-3-7-16-14(12)8-13/h3-10H,1-2H3,(H,17,18). The number of hydrogen-bond donors (Lipinski definition) is 1. The molecule has 3 nitrogen and oxygen atoms in total. The van der Waals surface area contributed by atoms with Crippen molar-refractivity contribution >= 4 is 10.9 Å². The lowest BCUT2D eigenvalue weighted by molar-refractivity contribution is 0.872. The summed E-state index contributed by atoms with van der Waals surface area (Å²) in [6, 6.07) is 10.5. The quantitative estimate of drug-likeness (QED) is 0.742. The first kappa shape index (κ1) is 11.0. The largest absolute Gasteiger partial charge is 0.348 e. The number of rotatable bonds is 2. The molecule has 0 amide bonds. The zero-order chi connectivity index (χ0) is 12.5. The average molecular weight is 237 g/mol. The third-order valence-corrected chi connectivity index (χ3v) is 3.41. The fourth-order valence-electron chi connectivity index (χ4n) is 2.32. The summed E-state index contributed by atoms with van der Waals surface area (Å²) in [6.07, 6.45) is 3.58. The van der Waals surface area contributed by atoms with Crippen LogP contribution in [0.15, 0.2) is 42.9 Å². The Balaban J connectivity index is 2.07. The molecule has 1 aromatic carbocycles. The molecule has 0 aliphatic carbocycles. The van der Waals surface area contributed by atoms with Gasteiger partial charge in [0.05, 0.1) is 17.5 Å². The number of aromatic amines is 1. The number of fused-ring (bicyclic) bond motifs is 1. The van der Waals surface area contributed by atoms with Gasteiger partial charge in [0.2, 0.25) is 0 Å². The van der Waals surface area contributed by atoms with Crippen LogP contribution >= 0.6 is 0 Å². The topological polar surface area (TPSA) is 41.6 Å². The summed E-state index contributed by atoms with van der Waals surface area (Å²) in [6.45, 7) is 4.23.